The van der Waals surface area contributed by atoms with Crippen molar-refractivity contribution in [1.82, 2.24) is 10.6 Å². The molecule has 41 heavy (non-hydrogen) atoms. The molecule has 2 atom stereocenters. The van der Waals surface area contributed by atoms with Crippen LogP contribution in [-0.4, -0.2) is 62.8 Å². The molecule has 1 amide bonds. The van der Waals surface area contributed by atoms with Gasteiger partial charge in [0.2, 0.25) is 5.91 Å². The molecule has 0 fully saturated rings. The smallest absolute Gasteiger partial charge is 0.220 e. The quantitative estimate of drug-likeness (QED) is 0.0819. The van der Waals surface area contributed by atoms with Crippen LogP contribution in [0.2, 0.25) is 0 Å². The molecule has 2 aromatic carbocycles. The van der Waals surface area contributed by atoms with Crippen LogP contribution in [0.3, 0.4) is 0 Å². The Balaban J connectivity index is 1.52. The zero-order valence-electron chi connectivity index (χ0n) is 24.1. The predicted molar refractivity (Wildman–Crippen MR) is 155 cm³/mol. The maximum Gasteiger partial charge on any atom is 0.220 e. The number of nitrogens with zero attached hydrogens (tertiary/aromatic N) is 3. The molecular weight excluding hydrogens is 526 g/mol. The van der Waals surface area contributed by atoms with Gasteiger partial charge in [-0.05, 0) is 65.7 Å². The SMILES string of the molecule is COc1ccc(C(=O)CCCCCC(=O)N[C@H](CNCC(C)(C)CN=[N+]=[N-])[C@H](O)c2ccc3c(c2)OCCO3)cc1. The molecule has 0 unspecified atom stereocenters. The third-order valence-corrected chi connectivity index (χ3v) is 6.88. The van der Waals surface area contributed by atoms with E-state index in [1.54, 1.807) is 49.6 Å². The first-order chi connectivity index (χ1) is 19.7. The Bertz CT molecular complexity index is 1200. The van der Waals surface area contributed by atoms with Crippen molar-refractivity contribution in [2.75, 3.05) is 40.0 Å². The van der Waals surface area contributed by atoms with E-state index >= 15 is 0 Å². The highest BCUT2D eigenvalue weighted by atomic mass is 16.6. The highest BCUT2D eigenvalue weighted by Crippen LogP contribution is 2.33. The standard InChI is InChI=1S/C30H41N5O6/c1-30(2,20-33-35-31)19-32-18-24(29(38)22-11-14-26-27(17-22)41-16-15-40-26)34-28(37)8-6-4-5-7-25(36)21-9-12-23(39-3)13-10-21/h9-14,17,24,29,32,38H,4-8,15-16,18-20H2,1-3H3,(H,34,37)/t24-,29-/m1/s1. The molecule has 3 N–H and O–H groups in total. The summed E-state index contributed by atoms with van der Waals surface area (Å²) in [6.07, 6.45) is 1.74. The van der Waals surface area contributed by atoms with Gasteiger partial charge in [-0.3, -0.25) is 9.59 Å². The lowest BCUT2D eigenvalue weighted by Gasteiger charge is -2.29. The second-order valence-corrected chi connectivity index (χ2v) is 10.9. The number of aliphatic hydroxyl groups excluding tert-OH is 1. The van der Waals surface area contributed by atoms with E-state index in [1.165, 1.54) is 0 Å². The van der Waals surface area contributed by atoms with E-state index in [4.69, 9.17) is 19.7 Å². The van der Waals surface area contributed by atoms with E-state index in [0.717, 1.165) is 6.42 Å². The van der Waals surface area contributed by atoms with Crippen LogP contribution in [0, 0.1) is 5.41 Å². The van der Waals surface area contributed by atoms with E-state index in [-0.39, 0.29) is 23.5 Å². The number of nitrogens with one attached hydrogen (secondary N) is 2. The van der Waals surface area contributed by atoms with Gasteiger partial charge in [0.05, 0.1) is 13.2 Å². The van der Waals surface area contributed by atoms with Gasteiger partial charge >= 0.3 is 0 Å². The van der Waals surface area contributed by atoms with Gasteiger partial charge in [-0.15, -0.1) is 0 Å². The first-order valence-corrected chi connectivity index (χ1v) is 14.0. The molecule has 0 bridgehead atoms. The summed E-state index contributed by atoms with van der Waals surface area (Å²) in [5, 5.41) is 21.2. The first kappa shape index (κ1) is 31.7. The van der Waals surface area contributed by atoms with Crippen LogP contribution >= 0.6 is 0 Å². The van der Waals surface area contributed by atoms with Crippen molar-refractivity contribution in [3.63, 3.8) is 0 Å². The molecule has 1 aliphatic heterocycles. The number of carbonyl (C=O) groups excluding carboxylic acids is 2. The number of fused-ring (bicyclic) bond motifs is 1. The van der Waals surface area contributed by atoms with Crippen LogP contribution in [0.5, 0.6) is 17.2 Å². The number of carbonyl (C=O) groups is 2. The van der Waals surface area contributed by atoms with Gasteiger partial charge < -0.3 is 30.0 Å². The van der Waals surface area contributed by atoms with E-state index in [1.807, 2.05) is 13.8 Å². The molecule has 1 aliphatic rings. The number of amides is 1. The van der Waals surface area contributed by atoms with Crippen LogP contribution in [0.1, 0.15) is 68.0 Å². The van der Waals surface area contributed by atoms with Gasteiger partial charge in [-0.1, -0.05) is 31.4 Å². The maximum atomic E-state index is 12.9. The second-order valence-electron chi connectivity index (χ2n) is 10.9. The highest BCUT2D eigenvalue weighted by molar-refractivity contribution is 5.96. The number of aliphatic hydroxyl groups is 1. The lowest BCUT2D eigenvalue weighted by molar-refractivity contribution is -0.122. The van der Waals surface area contributed by atoms with Crippen LogP contribution in [0.15, 0.2) is 47.6 Å². The summed E-state index contributed by atoms with van der Waals surface area (Å²) in [6.45, 7) is 5.99. The van der Waals surface area contributed by atoms with Crippen molar-refractivity contribution < 1.29 is 28.9 Å². The fourth-order valence-electron chi connectivity index (χ4n) is 4.51. The summed E-state index contributed by atoms with van der Waals surface area (Å²) in [4.78, 5) is 28.1. The first-order valence-electron chi connectivity index (χ1n) is 14.0. The Morgan fingerprint density at radius 3 is 2.49 bits per heavy atom. The minimum Gasteiger partial charge on any atom is -0.497 e. The van der Waals surface area contributed by atoms with E-state index in [9.17, 15) is 14.7 Å². The average Bonchev–Trinajstić information content (AvgIpc) is 2.98. The van der Waals surface area contributed by atoms with Crippen molar-refractivity contribution >= 4 is 11.7 Å². The lowest BCUT2D eigenvalue weighted by atomic mass is 9.93. The number of azide groups is 1. The van der Waals surface area contributed by atoms with Crippen molar-refractivity contribution in [2.24, 2.45) is 10.5 Å². The molecule has 3 rings (SSSR count). The Kier molecular flexibility index (Phi) is 12.3. The third kappa shape index (κ3) is 10.3. The lowest BCUT2D eigenvalue weighted by Crippen LogP contribution is -2.47. The fraction of sp³-hybridized carbons (Fsp3) is 0.533. The summed E-state index contributed by atoms with van der Waals surface area (Å²) >= 11 is 0. The Morgan fingerprint density at radius 2 is 1.78 bits per heavy atom. The van der Waals surface area contributed by atoms with Crippen molar-refractivity contribution in [2.45, 2.75) is 58.1 Å². The molecule has 0 saturated heterocycles. The number of hydrogen-bond acceptors (Lipinski definition) is 8. The highest BCUT2D eigenvalue weighted by Gasteiger charge is 2.26. The number of methoxy groups -OCH3 is 1. The van der Waals surface area contributed by atoms with Crippen molar-refractivity contribution in [1.29, 1.82) is 0 Å². The minimum atomic E-state index is -0.996. The van der Waals surface area contributed by atoms with Gasteiger partial charge in [0, 0.05) is 43.0 Å². The molecule has 2 aromatic rings. The van der Waals surface area contributed by atoms with Crippen LogP contribution < -0.4 is 24.8 Å². The van der Waals surface area contributed by atoms with E-state index in [0.29, 0.717) is 80.5 Å². The fourth-order valence-corrected chi connectivity index (χ4v) is 4.51. The minimum absolute atomic E-state index is 0.0641. The largest absolute Gasteiger partial charge is 0.497 e. The summed E-state index contributed by atoms with van der Waals surface area (Å²) < 4.78 is 16.4. The van der Waals surface area contributed by atoms with Crippen molar-refractivity contribution in [3.8, 4) is 17.2 Å². The molecule has 11 heteroatoms. The van der Waals surface area contributed by atoms with E-state index < -0.39 is 12.1 Å². The Morgan fingerprint density at radius 1 is 1.07 bits per heavy atom. The van der Waals surface area contributed by atoms with Crippen LogP contribution in [0.4, 0.5) is 0 Å². The number of ether oxygens (including phenoxy) is 3. The number of rotatable bonds is 17. The monoisotopic (exact) mass is 567 g/mol. The maximum absolute atomic E-state index is 12.9. The zero-order chi connectivity index (χ0) is 29.7. The molecule has 222 valence electrons. The summed E-state index contributed by atoms with van der Waals surface area (Å²) in [5.74, 6) is 1.77. The number of hydrogen-bond donors (Lipinski definition) is 3. The normalized spacial score (nSPS) is 14.0. The number of Topliss-reactive ketones (excluding diaryl/α,β-unsaturated/α-hetero) is 1. The molecule has 0 aromatic heterocycles. The molecule has 1 heterocycles. The van der Waals surface area contributed by atoms with Gasteiger partial charge in [-0.25, -0.2) is 0 Å². The molecule has 0 spiro atoms. The summed E-state index contributed by atoms with van der Waals surface area (Å²) in [6, 6.07) is 11.7. The number of unbranched alkanes of at least 4 members (excludes halogenated alkanes) is 2. The second kappa shape index (κ2) is 15.9. The molecule has 0 radical (unpaired) electrons. The van der Waals surface area contributed by atoms with Crippen LogP contribution in [-0.2, 0) is 4.79 Å². The molecule has 0 saturated carbocycles. The average molecular weight is 568 g/mol. The molecule has 0 aliphatic carbocycles. The predicted octanol–water partition coefficient (Wildman–Crippen LogP) is 4.74. The van der Waals surface area contributed by atoms with Gasteiger partial charge in [-0.2, -0.15) is 0 Å². The van der Waals surface area contributed by atoms with Crippen molar-refractivity contribution in [3.05, 3.63) is 64.0 Å². The van der Waals surface area contributed by atoms with Crippen LogP contribution in [0.25, 0.3) is 10.4 Å². The number of ketones is 1. The Labute approximate surface area is 241 Å². The topological polar surface area (TPSA) is 155 Å². The Hall–Kier alpha value is -3.79. The van der Waals surface area contributed by atoms with Gasteiger partial charge in [0.25, 0.3) is 0 Å². The molecule has 11 nitrogen and oxygen atoms in total. The summed E-state index contributed by atoms with van der Waals surface area (Å²) in [5.41, 5.74) is 9.60. The third-order valence-electron chi connectivity index (χ3n) is 6.88. The van der Waals surface area contributed by atoms with Gasteiger partial charge in [0.1, 0.15) is 25.1 Å². The zero-order valence-corrected chi connectivity index (χ0v) is 24.1. The molecular formula is C30H41N5O6. The summed E-state index contributed by atoms with van der Waals surface area (Å²) in [7, 11) is 1.58. The number of benzene rings is 2. The van der Waals surface area contributed by atoms with E-state index in [2.05, 4.69) is 20.7 Å². The van der Waals surface area contributed by atoms with Gasteiger partial charge in [0.15, 0.2) is 17.3 Å².